The van der Waals surface area contributed by atoms with Crippen molar-refractivity contribution in [1.82, 2.24) is 0 Å². The molecule has 4 rings (SSSR count). The molecule has 108 valence electrons. The normalized spacial score (nSPS) is 47.0. The average Bonchev–Trinajstić information content (AvgIpc) is 2.74. The van der Waals surface area contributed by atoms with Crippen molar-refractivity contribution in [2.45, 2.75) is 58.0 Å². The molecule has 0 aromatic carbocycles. The highest BCUT2D eigenvalue weighted by Gasteiger charge is 2.53. The van der Waals surface area contributed by atoms with Crippen LogP contribution in [0, 0.1) is 23.2 Å². The van der Waals surface area contributed by atoms with E-state index in [-0.39, 0.29) is 11.5 Å². The number of allylic oxidation sites excluding steroid dienone is 4. The zero-order valence-electron chi connectivity index (χ0n) is 12.3. The highest BCUT2D eigenvalue weighted by molar-refractivity contribution is 5.91. The van der Waals surface area contributed by atoms with Crippen molar-refractivity contribution in [3.8, 4) is 0 Å². The van der Waals surface area contributed by atoms with E-state index in [9.17, 15) is 9.90 Å². The maximum Gasteiger partial charge on any atom is 0.155 e. The van der Waals surface area contributed by atoms with Crippen LogP contribution in [0.4, 0.5) is 0 Å². The summed E-state index contributed by atoms with van der Waals surface area (Å²) in [7, 11) is 0. The van der Waals surface area contributed by atoms with Gasteiger partial charge in [-0.25, -0.2) is 0 Å². The van der Waals surface area contributed by atoms with Gasteiger partial charge >= 0.3 is 0 Å². The van der Waals surface area contributed by atoms with Crippen molar-refractivity contribution >= 4 is 5.78 Å². The number of ketones is 1. The van der Waals surface area contributed by atoms with Crippen molar-refractivity contribution in [1.29, 1.82) is 0 Å². The van der Waals surface area contributed by atoms with Gasteiger partial charge in [-0.3, -0.25) is 4.79 Å². The van der Waals surface area contributed by atoms with Gasteiger partial charge in [-0.2, -0.15) is 0 Å². The van der Waals surface area contributed by atoms with E-state index in [4.69, 9.17) is 0 Å². The third-order valence-electron chi connectivity index (χ3n) is 6.67. The van der Waals surface area contributed by atoms with Gasteiger partial charge in [0.2, 0.25) is 0 Å². The molecule has 4 aliphatic carbocycles. The molecule has 0 amide bonds. The molecule has 0 aromatic rings. The lowest BCUT2D eigenvalue weighted by atomic mass is 9.57. The van der Waals surface area contributed by atoms with E-state index in [0.717, 1.165) is 32.1 Å². The van der Waals surface area contributed by atoms with Crippen LogP contribution in [0.5, 0.6) is 0 Å². The molecule has 2 saturated carbocycles. The monoisotopic (exact) mass is 272 g/mol. The summed E-state index contributed by atoms with van der Waals surface area (Å²) in [5.74, 6) is 2.21. The Bertz CT molecular complexity index is 516. The van der Waals surface area contributed by atoms with Crippen LogP contribution in [-0.2, 0) is 4.79 Å². The first-order valence-electron chi connectivity index (χ1n) is 8.21. The van der Waals surface area contributed by atoms with Crippen LogP contribution in [0.15, 0.2) is 23.3 Å². The van der Waals surface area contributed by atoms with Crippen molar-refractivity contribution in [3.05, 3.63) is 23.3 Å². The summed E-state index contributed by atoms with van der Waals surface area (Å²) in [6.45, 7) is 2.29. The van der Waals surface area contributed by atoms with Gasteiger partial charge in [0.1, 0.15) is 0 Å². The van der Waals surface area contributed by atoms with Crippen molar-refractivity contribution < 1.29 is 9.90 Å². The number of aliphatic hydroxyl groups excluding tert-OH is 1. The second kappa shape index (κ2) is 4.30. The molecule has 0 aliphatic heterocycles. The van der Waals surface area contributed by atoms with Crippen LogP contribution in [-0.4, -0.2) is 17.0 Å². The summed E-state index contributed by atoms with van der Waals surface area (Å²) >= 11 is 0. The second-order valence-corrected chi connectivity index (χ2v) is 7.54. The third-order valence-corrected chi connectivity index (χ3v) is 6.67. The van der Waals surface area contributed by atoms with Gasteiger partial charge in [0, 0.05) is 17.8 Å². The maximum atomic E-state index is 11.6. The highest BCUT2D eigenvalue weighted by atomic mass is 16.3. The minimum Gasteiger partial charge on any atom is -0.393 e. The Morgan fingerprint density at radius 2 is 2.05 bits per heavy atom. The Balaban J connectivity index is 1.70. The van der Waals surface area contributed by atoms with E-state index in [0.29, 0.717) is 23.5 Å². The molecule has 0 spiro atoms. The summed E-state index contributed by atoms with van der Waals surface area (Å²) in [6.07, 6.45) is 11.5. The Morgan fingerprint density at radius 3 is 2.90 bits per heavy atom. The molecule has 0 bridgehead atoms. The molecular weight excluding hydrogens is 248 g/mol. The predicted molar refractivity (Wildman–Crippen MR) is 78.1 cm³/mol. The number of hydrogen-bond acceptors (Lipinski definition) is 2. The zero-order chi connectivity index (χ0) is 13.9. The van der Waals surface area contributed by atoms with E-state index in [1.165, 1.54) is 18.4 Å². The molecule has 1 N–H and O–H groups in total. The molecule has 2 heteroatoms. The highest BCUT2D eigenvalue weighted by Crippen LogP contribution is 2.59. The van der Waals surface area contributed by atoms with Crippen molar-refractivity contribution in [2.75, 3.05) is 0 Å². The van der Waals surface area contributed by atoms with Crippen LogP contribution in [0.3, 0.4) is 0 Å². The molecule has 5 atom stereocenters. The van der Waals surface area contributed by atoms with Crippen LogP contribution in [0.25, 0.3) is 0 Å². The molecule has 0 saturated heterocycles. The summed E-state index contributed by atoms with van der Waals surface area (Å²) in [5.41, 5.74) is 3.12. The first-order valence-corrected chi connectivity index (χ1v) is 8.21. The van der Waals surface area contributed by atoms with Gasteiger partial charge in [0.05, 0.1) is 6.10 Å². The maximum absolute atomic E-state index is 11.6. The number of rotatable bonds is 0. The molecule has 0 aromatic heterocycles. The van der Waals surface area contributed by atoms with Gasteiger partial charge in [-0.05, 0) is 56.4 Å². The Hall–Kier alpha value is -0.890. The zero-order valence-corrected chi connectivity index (χ0v) is 12.3. The molecule has 20 heavy (non-hydrogen) atoms. The van der Waals surface area contributed by atoms with Crippen LogP contribution < -0.4 is 0 Å². The standard InChI is InChI=1S/C18H24O2/c1-18-9-8-14-13-5-3-12(19)10-11(13)2-4-15(14)16(18)6-7-17(18)20/h8,10,13,15-17,20H,2-7,9H2,1H3/t13-,15+,16-,17?,18-/m0/s1. The smallest absolute Gasteiger partial charge is 0.155 e. The minimum atomic E-state index is -0.116. The van der Waals surface area contributed by atoms with Gasteiger partial charge in [-0.15, -0.1) is 0 Å². The third kappa shape index (κ3) is 1.64. The van der Waals surface area contributed by atoms with Crippen molar-refractivity contribution in [2.24, 2.45) is 23.2 Å². The first-order chi connectivity index (χ1) is 9.59. The number of hydrogen-bond donors (Lipinski definition) is 1. The van der Waals surface area contributed by atoms with Gasteiger partial charge in [-0.1, -0.05) is 24.1 Å². The minimum absolute atomic E-state index is 0.111. The predicted octanol–water partition coefficient (Wildman–Crippen LogP) is 3.41. The summed E-state index contributed by atoms with van der Waals surface area (Å²) < 4.78 is 0. The van der Waals surface area contributed by atoms with Crippen LogP contribution in [0.1, 0.15) is 51.9 Å². The number of carbonyl (C=O) groups excluding carboxylic acids is 1. The van der Waals surface area contributed by atoms with Gasteiger partial charge in [0.25, 0.3) is 0 Å². The van der Waals surface area contributed by atoms with Gasteiger partial charge < -0.3 is 5.11 Å². The van der Waals surface area contributed by atoms with E-state index in [1.54, 1.807) is 5.57 Å². The lowest BCUT2D eigenvalue weighted by molar-refractivity contribution is -0.115. The average molecular weight is 272 g/mol. The quantitative estimate of drug-likeness (QED) is 0.686. The van der Waals surface area contributed by atoms with Crippen LogP contribution >= 0.6 is 0 Å². The molecular formula is C18H24O2. The Labute approximate surface area is 120 Å². The Morgan fingerprint density at radius 1 is 1.20 bits per heavy atom. The first kappa shape index (κ1) is 12.8. The fourth-order valence-electron chi connectivity index (χ4n) is 5.48. The Kier molecular flexibility index (Phi) is 2.76. The van der Waals surface area contributed by atoms with Crippen LogP contribution in [0.2, 0.25) is 0 Å². The summed E-state index contributed by atoms with van der Waals surface area (Å²) in [6, 6.07) is 0. The van der Waals surface area contributed by atoms with E-state index in [2.05, 4.69) is 13.0 Å². The largest absolute Gasteiger partial charge is 0.393 e. The topological polar surface area (TPSA) is 37.3 Å². The van der Waals surface area contributed by atoms with E-state index >= 15 is 0 Å². The second-order valence-electron chi connectivity index (χ2n) is 7.54. The SMILES string of the molecule is C[C@]12CC=C3[C@H]4CCC(=O)C=C4CC[C@H]3[C@@H]1CCC2O. The molecule has 0 radical (unpaired) electrons. The molecule has 2 fully saturated rings. The van der Waals surface area contributed by atoms with Gasteiger partial charge in [0.15, 0.2) is 5.78 Å². The number of carbonyl (C=O) groups is 1. The summed E-state index contributed by atoms with van der Waals surface area (Å²) in [4.78, 5) is 11.6. The lowest BCUT2D eigenvalue weighted by Gasteiger charge is -2.48. The lowest BCUT2D eigenvalue weighted by Crippen LogP contribution is -2.42. The van der Waals surface area contributed by atoms with E-state index in [1.807, 2.05) is 6.08 Å². The molecule has 2 nitrogen and oxygen atoms in total. The van der Waals surface area contributed by atoms with E-state index < -0.39 is 0 Å². The number of aliphatic hydroxyl groups is 1. The molecule has 4 aliphatic rings. The fraction of sp³-hybridized carbons (Fsp3) is 0.722. The fourth-order valence-corrected chi connectivity index (χ4v) is 5.48. The van der Waals surface area contributed by atoms with Crippen molar-refractivity contribution in [3.63, 3.8) is 0 Å². The molecule has 1 unspecified atom stereocenters. The summed E-state index contributed by atoms with van der Waals surface area (Å²) in [5, 5.41) is 10.4. The molecule has 0 heterocycles. The number of fused-ring (bicyclic) bond motifs is 5.